The smallest absolute Gasteiger partial charge is 0.317 e. The normalized spacial score (nSPS) is 10.8. The maximum Gasteiger partial charge on any atom is 0.317 e. The predicted molar refractivity (Wildman–Crippen MR) is 109 cm³/mol. The van der Waals surface area contributed by atoms with Crippen LogP contribution in [0.15, 0.2) is 48.8 Å². The molecule has 3 rings (SSSR count). The van der Waals surface area contributed by atoms with Gasteiger partial charge in [-0.15, -0.1) is 20.4 Å². The van der Waals surface area contributed by atoms with E-state index in [1.54, 1.807) is 30.3 Å². The lowest BCUT2D eigenvalue weighted by atomic mass is 10.1. The largest absolute Gasteiger partial charge is 0.493 e. The van der Waals surface area contributed by atoms with Gasteiger partial charge in [-0.25, -0.2) is 4.39 Å². The molecule has 0 saturated heterocycles. The SMILES string of the molecule is O=C(O)CN(CC(=O)O)Cc1ccc(-c2nncnn2)cc1OCCc1ccc(F)cc1. The molecule has 0 unspecified atom stereocenters. The van der Waals surface area contributed by atoms with Crippen LogP contribution >= 0.6 is 0 Å². The zero-order chi connectivity index (χ0) is 22.9. The number of carboxylic acid groups (broad SMARTS) is 2. The lowest BCUT2D eigenvalue weighted by molar-refractivity contribution is -0.142. The van der Waals surface area contributed by atoms with Crippen molar-refractivity contribution in [1.82, 2.24) is 25.3 Å². The van der Waals surface area contributed by atoms with Crippen molar-refractivity contribution in [2.24, 2.45) is 0 Å². The van der Waals surface area contributed by atoms with Gasteiger partial charge in [-0.2, -0.15) is 0 Å². The van der Waals surface area contributed by atoms with E-state index >= 15 is 0 Å². The molecule has 0 saturated carbocycles. The van der Waals surface area contributed by atoms with Gasteiger partial charge < -0.3 is 14.9 Å². The molecule has 3 aromatic rings. The summed E-state index contributed by atoms with van der Waals surface area (Å²) < 4.78 is 19.0. The predicted octanol–water partition coefficient (Wildman–Crippen LogP) is 1.67. The van der Waals surface area contributed by atoms with Crippen LogP contribution in [0.25, 0.3) is 11.4 Å². The van der Waals surface area contributed by atoms with Crippen LogP contribution in [0.4, 0.5) is 4.39 Å². The van der Waals surface area contributed by atoms with Crippen LogP contribution < -0.4 is 4.74 Å². The number of aliphatic carboxylic acids is 2. The number of ether oxygens (including phenoxy) is 1. The van der Waals surface area contributed by atoms with Crippen molar-refractivity contribution in [3.8, 4) is 17.1 Å². The molecule has 1 heterocycles. The van der Waals surface area contributed by atoms with E-state index in [0.717, 1.165) is 5.56 Å². The summed E-state index contributed by atoms with van der Waals surface area (Å²) in [4.78, 5) is 23.5. The molecule has 32 heavy (non-hydrogen) atoms. The molecule has 0 bridgehead atoms. The fourth-order valence-corrected chi connectivity index (χ4v) is 3.00. The Labute approximate surface area is 182 Å². The minimum Gasteiger partial charge on any atom is -0.493 e. The number of rotatable bonds is 11. The third-order valence-corrected chi connectivity index (χ3v) is 4.41. The van der Waals surface area contributed by atoms with E-state index in [-0.39, 0.29) is 24.8 Å². The summed E-state index contributed by atoms with van der Waals surface area (Å²) in [6, 6.07) is 11.1. The van der Waals surface area contributed by atoms with Crippen molar-refractivity contribution in [3.63, 3.8) is 0 Å². The number of halogens is 1. The molecule has 0 aliphatic rings. The molecule has 0 atom stereocenters. The van der Waals surface area contributed by atoms with Crippen molar-refractivity contribution < 1.29 is 28.9 Å². The first-order chi connectivity index (χ1) is 15.4. The molecular weight excluding hydrogens is 421 g/mol. The molecule has 0 amide bonds. The highest BCUT2D eigenvalue weighted by molar-refractivity contribution is 5.72. The Morgan fingerprint density at radius 1 is 0.969 bits per heavy atom. The highest BCUT2D eigenvalue weighted by atomic mass is 19.1. The fourth-order valence-electron chi connectivity index (χ4n) is 3.00. The number of carboxylic acids is 2. The molecule has 2 N–H and O–H groups in total. The fraction of sp³-hybridized carbons (Fsp3) is 0.238. The Morgan fingerprint density at radius 3 is 2.25 bits per heavy atom. The van der Waals surface area contributed by atoms with Gasteiger partial charge in [-0.3, -0.25) is 14.5 Å². The quantitative estimate of drug-likeness (QED) is 0.452. The molecule has 10 nitrogen and oxygen atoms in total. The van der Waals surface area contributed by atoms with Crippen LogP contribution in [0.3, 0.4) is 0 Å². The van der Waals surface area contributed by atoms with Crippen molar-refractivity contribution >= 4 is 11.9 Å². The number of benzene rings is 2. The summed E-state index contributed by atoms with van der Waals surface area (Å²) >= 11 is 0. The van der Waals surface area contributed by atoms with E-state index in [4.69, 9.17) is 14.9 Å². The van der Waals surface area contributed by atoms with E-state index in [9.17, 15) is 14.0 Å². The molecule has 0 aliphatic carbocycles. The molecule has 166 valence electrons. The maximum atomic E-state index is 13.1. The summed E-state index contributed by atoms with van der Waals surface area (Å²) in [5.41, 5.74) is 2.05. The van der Waals surface area contributed by atoms with Gasteiger partial charge in [0.2, 0.25) is 5.82 Å². The van der Waals surface area contributed by atoms with Crippen LogP contribution in [0, 0.1) is 5.82 Å². The standard InChI is InChI=1S/C21H20FN5O5/c22-17-5-1-14(2-6-17)7-8-32-18-9-15(21-25-23-13-24-26-21)3-4-16(18)10-27(11-19(28)29)12-20(30)31/h1-6,9,13H,7-8,10-12H2,(H,28,29)(H,30,31). The Balaban J connectivity index is 1.82. The Hall–Kier alpha value is -3.99. The van der Waals surface area contributed by atoms with Crippen LogP contribution in [0.5, 0.6) is 5.75 Å². The lowest BCUT2D eigenvalue weighted by Crippen LogP contribution is -2.34. The van der Waals surface area contributed by atoms with E-state index < -0.39 is 25.0 Å². The highest BCUT2D eigenvalue weighted by Gasteiger charge is 2.17. The van der Waals surface area contributed by atoms with Crippen LogP contribution in [0.2, 0.25) is 0 Å². The summed E-state index contributed by atoms with van der Waals surface area (Å²) in [5, 5.41) is 33.4. The number of nitrogens with zero attached hydrogens (tertiary/aromatic N) is 5. The number of aromatic nitrogens is 4. The number of hydrogen-bond donors (Lipinski definition) is 2. The van der Waals surface area contributed by atoms with E-state index in [2.05, 4.69) is 20.4 Å². The van der Waals surface area contributed by atoms with Crippen LogP contribution in [0.1, 0.15) is 11.1 Å². The highest BCUT2D eigenvalue weighted by Crippen LogP contribution is 2.26. The second-order valence-electron chi connectivity index (χ2n) is 6.85. The molecule has 0 fully saturated rings. The van der Waals surface area contributed by atoms with Crippen molar-refractivity contribution in [1.29, 1.82) is 0 Å². The summed E-state index contributed by atoms with van der Waals surface area (Å²) in [5.74, 6) is -1.92. The molecule has 2 aromatic carbocycles. The first-order valence-corrected chi connectivity index (χ1v) is 9.57. The maximum absolute atomic E-state index is 13.1. The molecule has 0 aliphatic heterocycles. The minimum atomic E-state index is -1.14. The van der Waals surface area contributed by atoms with Gasteiger partial charge in [0.15, 0.2) is 6.33 Å². The van der Waals surface area contributed by atoms with Gasteiger partial charge in [-0.1, -0.05) is 24.3 Å². The lowest BCUT2D eigenvalue weighted by Gasteiger charge is -2.20. The molecular formula is C21H20FN5O5. The van der Waals surface area contributed by atoms with Gasteiger partial charge >= 0.3 is 11.9 Å². The molecule has 0 spiro atoms. The summed E-state index contributed by atoms with van der Waals surface area (Å²) in [6.07, 6.45) is 1.70. The molecule has 0 radical (unpaired) electrons. The monoisotopic (exact) mass is 441 g/mol. The Kier molecular flexibility index (Phi) is 7.70. The second-order valence-corrected chi connectivity index (χ2v) is 6.85. The van der Waals surface area contributed by atoms with Gasteiger partial charge in [0.25, 0.3) is 0 Å². The van der Waals surface area contributed by atoms with Crippen molar-refractivity contribution in [3.05, 3.63) is 65.7 Å². The summed E-state index contributed by atoms with van der Waals surface area (Å²) in [7, 11) is 0. The minimum absolute atomic E-state index is 0.0386. The zero-order valence-corrected chi connectivity index (χ0v) is 16.9. The summed E-state index contributed by atoms with van der Waals surface area (Å²) in [6.45, 7) is -0.597. The van der Waals surface area contributed by atoms with Gasteiger partial charge in [0, 0.05) is 24.1 Å². The first kappa shape index (κ1) is 22.7. The van der Waals surface area contributed by atoms with E-state index in [1.807, 2.05) is 0 Å². The average molecular weight is 441 g/mol. The van der Waals surface area contributed by atoms with Gasteiger partial charge in [-0.05, 0) is 23.8 Å². The van der Waals surface area contributed by atoms with Crippen LogP contribution in [-0.4, -0.2) is 67.1 Å². The van der Waals surface area contributed by atoms with Crippen LogP contribution in [-0.2, 0) is 22.6 Å². The van der Waals surface area contributed by atoms with E-state index in [1.165, 1.54) is 23.4 Å². The molecule has 11 heteroatoms. The van der Waals surface area contributed by atoms with Gasteiger partial charge in [0.05, 0.1) is 19.7 Å². The van der Waals surface area contributed by atoms with E-state index in [0.29, 0.717) is 23.3 Å². The number of hydrogen-bond acceptors (Lipinski definition) is 8. The van der Waals surface area contributed by atoms with Crippen molar-refractivity contribution in [2.45, 2.75) is 13.0 Å². The first-order valence-electron chi connectivity index (χ1n) is 9.57. The Morgan fingerprint density at radius 2 is 1.62 bits per heavy atom. The topological polar surface area (TPSA) is 139 Å². The van der Waals surface area contributed by atoms with Crippen molar-refractivity contribution in [2.75, 3.05) is 19.7 Å². The third-order valence-electron chi connectivity index (χ3n) is 4.41. The number of carbonyl (C=O) groups is 2. The average Bonchev–Trinajstić information content (AvgIpc) is 2.76. The van der Waals surface area contributed by atoms with Gasteiger partial charge in [0.1, 0.15) is 11.6 Å². The second kappa shape index (κ2) is 10.9. The Bertz CT molecular complexity index is 1050. The third kappa shape index (κ3) is 6.77. The zero-order valence-electron chi connectivity index (χ0n) is 16.9. The molecule has 1 aromatic heterocycles.